The first kappa shape index (κ1) is 20.9. The second-order valence-electron chi connectivity index (χ2n) is 7.98. The van der Waals surface area contributed by atoms with Gasteiger partial charge in [0.2, 0.25) is 5.75 Å². The maximum atomic E-state index is 12.8. The summed E-state index contributed by atoms with van der Waals surface area (Å²) in [5, 5.41) is 13.2. The van der Waals surface area contributed by atoms with Crippen molar-refractivity contribution >= 4 is 12.1 Å². The highest BCUT2D eigenvalue weighted by atomic mass is 16.5. The number of carbonyl (C=O) groups is 2. The first-order chi connectivity index (χ1) is 14.9. The van der Waals surface area contributed by atoms with Crippen LogP contribution in [-0.2, 0) is 28.2 Å². The molecule has 2 heterocycles. The normalized spacial score (nSPS) is 21.6. The number of nitrogens with one attached hydrogen (secondary N) is 1. The summed E-state index contributed by atoms with van der Waals surface area (Å²) < 4.78 is 11.7. The van der Waals surface area contributed by atoms with E-state index in [9.17, 15) is 19.5 Å². The Morgan fingerprint density at radius 1 is 1.26 bits per heavy atom. The Labute approximate surface area is 179 Å². The number of carbonyl (C=O) groups excluding carboxylic acids is 2. The lowest BCUT2D eigenvalue weighted by atomic mass is 9.94. The maximum absolute atomic E-state index is 12.8. The van der Waals surface area contributed by atoms with Gasteiger partial charge in [0.05, 0.1) is 6.61 Å². The third kappa shape index (κ3) is 3.99. The molecule has 1 aliphatic carbocycles. The van der Waals surface area contributed by atoms with Gasteiger partial charge in [-0.1, -0.05) is 30.3 Å². The van der Waals surface area contributed by atoms with Crippen LogP contribution in [0, 0.1) is 5.92 Å². The fraction of sp³-hybridized carbons (Fsp3) is 0.455. The van der Waals surface area contributed by atoms with Gasteiger partial charge in [-0.3, -0.25) is 9.36 Å². The van der Waals surface area contributed by atoms with Crippen molar-refractivity contribution in [2.75, 3.05) is 6.61 Å². The average molecular weight is 427 g/mol. The Morgan fingerprint density at radius 2 is 2.03 bits per heavy atom. The summed E-state index contributed by atoms with van der Waals surface area (Å²) in [7, 11) is 0. The Morgan fingerprint density at radius 3 is 2.77 bits per heavy atom. The van der Waals surface area contributed by atoms with E-state index in [1.807, 2.05) is 30.3 Å². The monoisotopic (exact) mass is 427 g/mol. The molecular formula is C22H25N3O6. The number of hydrogen-bond acceptors (Lipinski definition) is 7. The van der Waals surface area contributed by atoms with E-state index in [2.05, 4.69) is 10.3 Å². The van der Waals surface area contributed by atoms with Crippen LogP contribution in [0.25, 0.3) is 0 Å². The van der Waals surface area contributed by atoms with Crippen molar-refractivity contribution in [1.82, 2.24) is 14.9 Å². The van der Waals surface area contributed by atoms with Crippen molar-refractivity contribution in [2.45, 2.75) is 51.3 Å². The van der Waals surface area contributed by atoms with Crippen LogP contribution in [0.15, 0.2) is 35.1 Å². The van der Waals surface area contributed by atoms with E-state index in [-0.39, 0.29) is 25.0 Å². The highest BCUT2D eigenvalue weighted by Gasteiger charge is 2.48. The van der Waals surface area contributed by atoms with Gasteiger partial charge in [-0.05, 0) is 44.1 Å². The number of hydrogen-bond donors (Lipinski definition) is 2. The molecule has 0 spiro atoms. The molecule has 1 amide bonds. The number of alkyl carbamates (subject to hydrolysis) is 1. The number of amides is 1. The molecule has 31 heavy (non-hydrogen) atoms. The zero-order chi connectivity index (χ0) is 22.0. The fourth-order valence-electron chi connectivity index (χ4n) is 4.49. The summed E-state index contributed by atoms with van der Waals surface area (Å²) in [6.07, 6.45) is 2.07. The van der Waals surface area contributed by atoms with Gasteiger partial charge in [0.1, 0.15) is 18.0 Å². The molecule has 2 aliphatic rings. The molecule has 164 valence electrons. The van der Waals surface area contributed by atoms with Crippen LogP contribution < -0.4 is 10.9 Å². The van der Waals surface area contributed by atoms with Crippen LogP contribution in [0.2, 0.25) is 0 Å². The molecule has 1 aromatic heterocycles. The van der Waals surface area contributed by atoms with Crippen LogP contribution in [0.5, 0.6) is 5.75 Å². The van der Waals surface area contributed by atoms with Crippen molar-refractivity contribution in [2.24, 2.45) is 5.92 Å². The predicted molar refractivity (Wildman–Crippen MR) is 110 cm³/mol. The summed E-state index contributed by atoms with van der Waals surface area (Å²) in [4.78, 5) is 42.1. The first-order valence-corrected chi connectivity index (χ1v) is 10.4. The molecule has 9 heteroatoms. The van der Waals surface area contributed by atoms with Gasteiger partial charge in [-0.25, -0.2) is 14.6 Å². The number of esters is 1. The standard InChI is InChI=1S/C22H25N3O6/c1-2-30-19(28)16-17(26)18(27)25-11-9-14-8-10-22(12-14,20(25)23-16)24-21(29)31-13-15-6-4-3-5-7-15/h3-7,14,26H,2,8-13H2,1H3,(H,24,29). The summed E-state index contributed by atoms with van der Waals surface area (Å²) in [5.74, 6) is -1.07. The number of aromatic hydroxyl groups is 1. The first-order valence-electron chi connectivity index (χ1n) is 10.4. The molecule has 1 aromatic carbocycles. The average Bonchev–Trinajstić information content (AvgIpc) is 3.10. The van der Waals surface area contributed by atoms with Crippen molar-refractivity contribution in [3.8, 4) is 5.75 Å². The van der Waals surface area contributed by atoms with E-state index < -0.39 is 34.6 Å². The van der Waals surface area contributed by atoms with Gasteiger partial charge in [0.15, 0.2) is 5.69 Å². The molecule has 1 aliphatic heterocycles. The third-order valence-corrected chi connectivity index (χ3v) is 5.97. The van der Waals surface area contributed by atoms with Gasteiger partial charge in [-0.15, -0.1) is 0 Å². The van der Waals surface area contributed by atoms with Gasteiger partial charge in [0, 0.05) is 6.54 Å². The number of fused-ring (bicyclic) bond motifs is 4. The summed E-state index contributed by atoms with van der Waals surface area (Å²) in [6.45, 7) is 2.16. The predicted octanol–water partition coefficient (Wildman–Crippen LogP) is 2.45. The second kappa shape index (κ2) is 8.41. The van der Waals surface area contributed by atoms with Crippen LogP contribution in [0.3, 0.4) is 0 Å². The zero-order valence-electron chi connectivity index (χ0n) is 17.3. The Balaban J connectivity index is 1.67. The molecule has 1 fully saturated rings. The van der Waals surface area contributed by atoms with E-state index in [1.54, 1.807) is 6.92 Å². The third-order valence-electron chi connectivity index (χ3n) is 5.97. The second-order valence-corrected chi connectivity index (χ2v) is 7.98. The van der Waals surface area contributed by atoms with E-state index in [0.29, 0.717) is 19.4 Å². The van der Waals surface area contributed by atoms with E-state index >= 15 is 0 Å². The quantitative estimate of drug-likeness (QED) is 0.703. The van der Waals surface area contributed by atoms with Crippen molar-refractivity contribution in [3.05, 3.63) is 57.8 Å². The lowest BCUT2D eigenvalue weighted by molar-refractivity contribution is 0.0513. The van der Waals surface area contributed by atoms with Crippen molar-refractivity contribution < 1.29 is 24.2 Å². The largest absolute Gasteiger partial charge is 0.501 e. The van der Waals surface area contributed by atoms with Crippen LogP contribution >= 0.6 is 0 Å². The molecule has 2 unspecified atom stereocenters. The van der Waals surface area contributed by atoms with E-state index in [0.717, 1.165) is 18.4 Å². The van der Waals surface area contributed by atoms with Gasteiger partial charge in [-0.2, -0.15) is 0 Å². The van der Waals surface area contributed by atoms with Gasteiger partial charge in [0.25, 0.3) is 5.56 Å². The molecular weight excluding hydrogens is 402 g/mol. The summed E-state index contributed by atoms with van der Waals surface area (Å²) in [5.41, 5.74) is -1.24. The molecule has 0 radical (unpaired) electrons. The molecule has 2 aromatic rings. The molecule has 2 atom stereocenters. The molecule has 9 nitrogen and oxygen atoms in total. The summed E-state index contributed by atoms with van der Waals surface area (Å²) >= 11 is 0. The van der Waals surface area contributed by atoms with E-state index in [1.165, 1.54) is 4.57 Å². The van der Waals surface area contributed by atoms with E-state index in [4.69, 9.17) is 9.47 Å². The van der Waals surface area contributed by atoms with Crippen LogP contribution in [-0.4, -0.2) is 33.3 Å². The zero-order valence-corrected chi connectivity index (χ0v) is 17.3. The number of aromatic nitrogens is 2. The smallest absolute Gasteiger partial charge is 0.408 e. The highest BCUT2D eigenvalue weighted by Crippen LogP contribution is 2.45. The summed E-state index contributed by atoms with van der Waals surface area (Å²) in [6, 6.07) is 9.31. The van der Waals surface area contributed by atoms with Crippen molar-refractivity contribution in [1.29, 1.82) is 0 Å². The number of ether oxygens (including phenoxy) is 2. The lowest BCUT2D eigenvalue weighted by Crippen LogP contribution is -2.48. The minimum absolute atomic E-state index is 0.0790. The molecule has 0 saturated heterocycles. The number of rotatable bonds is 5. The molecule has 2 N–H and O–H groups in total. The topological polar surface area (TPSA) is 120 Å². The van der Waals surface area contributed by atoms with Crippen LogP contribution in [0.1, 0.15) is 54.5 Å². The SMILES string of the molecule is CCOC(=O)c1nc2n(c(=O)c1O)CCC1CCC2(NC(=O)OCc2ccccc2)C1. The number of nitrogens with zero attached hydrogens (tertiary/aromatic N) is 2. The molecule has 1 saturated carbocycles. The highest BCUT2D eigenvalue weighted by molar-refractivity contribution is 5.90. The van der Waals surface area contributed by atoms with Gasteiger partial charge >= 0.3 is 12.1 Å². The molecule has 2 bridgehead atoms. The van der Waals surface area contributed by atoms with Gasteiger partial charge < -0.3 is 19.9 Å². The van der Waals surface area contributed by atoms with Crippen molar-refractivity contribution in [3.63, 3.8) is 0 Å². The Hall–Kier alpha value is -3.36. The minimum atomic E-state index is -0.955. The van der Waals surface area contributed by atoms with Crippen LogP contribution in [0.4, 0.5) is 4.79 Å². The minimum Gasteiger partial charge on any atom is -0.501 e. The lowest BCUT2D eigenvalue weighted by Gasteiger charge is -2.31. The Bertz CT molecular complexity index is 1050. The fourth-order valence-corrected chi connectivity index (χ4v) is 4.49. The Kier molecular flexibility index (Phi) is 5.67. The number of benzene rings is 1. The molecule has 4 rings (SSSR count). The maximum Gasteiger partial charge on any atom is 0.408 e.